The number of rotatable bonds is 5. The maximum atomic E-state index is 13.6. The highest BCUT2D eigenvalue weighted by Gasteiger charge is 2.35. The van der Waals surface area contributed by atoms with Crippen LogP contribution in [-0.4, -0.2) is 35.9 Å². The van der Waals surface area contributed by atoms with Crippen LogP contribution in [0.25, 0.3) is 11.6 Å². The minimum atomic E-state index is -0.241. The van der Waals surface area contributed by atoms with Crippen molar-refractivity contribution in [3.63, 3.8) is 0 Å². The number of aromatic amines is 1. The van der Waals surface area contributed by atoms with E-state index in [1.165, 1.54) is 0 Å². The summed E-state index contributed by atoms with van der Waals surface area (Å²) in [5, 5.41) is 2.70. The van der Waals surface area contributed by atoms with Crippen LogP contribution < -0.4 is 16.0 Å². The molecule has 0 saturated heterocycles. The molecule has 0 bridgehead atoms. The van der Waals surface area contributed by atoms with Crippen molar-refractivity contribution < 1.29 is 9.59 Å². The predicted octanol–water partition coefficient (Wildman–Crippen LogP) is 3.40. The number of aryl methyl sites for hydroxylation is 2. The molecule has 2 aromatic rings. The van der Waals surface area contributed by atoms with Crippen LogP contribution in [0.15, 0.2) is 24.3 Å². The van der Waals surface area contributed by atoms with Gasteiger partial charge < -0.3 is 20.9 Å². The summed E-state index contributed by atoms with van der Waals surface area (Å²) >= 11 is 0. The third-order valence-electron chi connectivity index (χ3n) is 6.48. The molecule has 6 nitrogen and oxygen atoms in total. The van der Waals surface area contributed by atoms with Gasteiger partial charge in [0.15, 0.2) is 0 Å². The Labute approximate surface area is 189 Å². The molecule has 0 radical (unpaired) electrons. The summed E-state index contributed by atoms with van der Waals surface area (Å²) in [6, 6.07) is 7.75. The van der Waals surface area contributed by atoms with E-state index in [-0.39, 0.29) is 24.4 Å². The van der Waals surface area contributed by atoms with Crippen LogP contribution in [0.4, 0.5) is 5.69 Å². The molecule has 6 heteroatoms. The molecule has 2 aliphatic rings. The van der Waals surface area contributed by atoms with Crippen LogP contribution in [0.1, 0.15) is 58.6 Å². The molecule has 4 rings (SSSR count). The van der Waals surface area contributed by atoms with Gasteiger partial charge in [-0.1, -0.05) is 12.0 Å². The van der Waals surface area contributed by atoms with Gasteiger partial charge in [-0.15, -0.1) is 6.42 Å². The first kappa shape index (κ1) is 21.9. The first-order valence-corrected chi connectivity index (χ1v) is 11.2. The van der Waals surface area contributed by atoms with E-state index >= 15 is 0 Å². The molecule has 1 aromatic carbocycles. The zero-order valence-electron chi connectivity index (χ0n) is 18.7. The van der Waals surface area contributed by atoms with E-state index in [1.54, 1.807) is 12.1 Å². The number of hydrogen-bond acceptors (Lipinski definition) is 3. The first-order valence-electron chi connectivity index (χ1n) is 11.2. The Balaban J connectivity index is 1.71. The largest absolute Gasteiger partial charge is 0.359 e. The fourth-order valence-corrected chi connectivity index (χ4v) is 4.72. The number of nitrogens with zero attached hydrogens (tertiary/aromatic N) is 1. The Kier molecular flexibility index (Phi) is 6.20. The molecule has 166 valence electrons. The second-order valence-electron chi connectivity index (χ2n) is 8.92. The molecule has 0 spiro atoms. The number of carbonyl (C=O) groups is 2. The Morgan fingerprint density at radius 2 is 2.03 bits per heavy atom. The summed E-state index contributed by atoms with van der Waals surface area (Å²) in [5.74, 6) is 2.55. The van der Waals surface area contributed by atoms with Crippen molar-refractivity contribution in [1.82, 2.24) is 10.3 Å². The van der Waals surface area contributed by atoms with Crippen molar-refractivity contribution in [2.75, 3.05) is 18.0 Å². The zero-order valence-corrected chi connectivity index (χ0v) is 18.7. The van der Waals surface area contributed by atoms with Gasteiger partial charge >= 0.3 is 0 Å². The van der Waals surface area contributed by atoms with Crippen LogP contribution >= 0.6 is 0 Å². The summed E-state index contributed by atoms with van der Waals surface area (Å²) in [4.78, 5) is 31.2. The second kappa shape index (κ2) is 9.05. The molecule has 1 aliphatic carbocycles. The molecule has 1 aliphatic heterocycles. The third-order valence-corrected chi connectivity index (χ3v) is 6.48. The minimum absolute atomic E-state index is 0.0253. The van der Waals surface area contributed by atoms with Gasteiger partial charge in [0.05, 0.1) is 17.8 Å². The van der Waals surface area contributed by atoms with Crippen LogP contribution in [0, 0.1) is 32.1 Å². The maximum absolute atomic E-state index is 13.6. The van der Waals surface area contributed by atoms with Gasteiger partial charge in [-0.05, 0) is 75.3 Å². The van der Waals surface area contributed by atoms with Crippen molar-refractivity contribution in [2.24, 2.45) is 11.7 Å². The average molecular weight is 431 g/mol. The standard InChI is InChI=1S/C26H30N4O2/c1-4-11-28-25(31)19-7-10-21-22(14-23-16(2)12-17(3)29-23)26(32)30(24(21)13-19)15-18-5-8-20(27)9-6-18/h1,7,10,12-14,18,20,29H,5-6,8-9,11,15,27H2,2-3H3,(H,28,31)/b22-14-. The second-order valence-corrected chi connectivity index (χ2v) is 8.92. The number of fused-ring (bicyclic) bond motifs is 1. The van der Waals surface area contributed by atoms with E-state index in [0.717, 1.165) is 53.9 Å². The predicted molar refractivity (Wildman–Crippen MR) is 128 cm³/mol. The van der Waals surface area contributed by atoms with Crippen molar-refractivity contribution in [3.05, 3.63) is 52.3 Å². The quantitative estimate of drug-likeness (QED) is 0.502. The fraction of sp³-hybridized carbons (Fsp3) is 0.385. The molecule has 1 fully saturated rings. The smallest absolute Gasteiger partial charge is 0.259 e. The molecule has 2 heterocycles. The highest BCUT2D eigenvalue weighted by Crippen LogP contribution is 2.40. The lowest BCUT2D eigenvalue weighted by atomic mass is 9.86. The van der Waals surface area contributed by atoms with Crippen LogP contribution in [0.3, 0.4) is 0 Å². The minimum Gasteiger partial charge on any atom is -0.359 e. The van der Waals surface area contributed by atoms with E-state index in [1.807, 2.05) is 30.9 Å². The van der Waals surface area contributed by atoms with Gasteiger partial charge in [-0.2, -0.15) is 0 Å². The fourth-order valence-electron chi connectivity index (χ4n) is 4.72. The number of H-pyrrole nitrogens is 1. The number of nitrogens with one attached hydrogen (secondary N) is 2. The Morgan fingerprint density at radius 3 is 2.69 bits per heavy atom. The number of benzene rings is 1. The lowest BCUT2D eigenvalue weighted by Crippen LogP contribution is -2.36. The molecule has 0 unspecified atom stereocenters. The van der Waals surface area contributed by atoms with Crippen LogP contribution in [0.5, 0.6) is 0 Å². The van der Waals surface area contributed by atoms with Crippen molar-refractivity contribution in [1.29, 1.82) is 0 Å². The summed E-state index contributed by atoms with van der Waals surface area (Å²) < 4.78 is 0. The molecule has 4 N–H and O–H groups in total. The topological polar surface area (TPSA) is 91.2 Å². The summed E-state index contributed by atoms with van der Waals surface area (Å²) in [7, 11) is 0. The average Bonchev–Trinajstić information content (AvgIpc) is 3.23. The summed E-state index contributed by atoms with van der Waals surface area (Å²) in [6.45, 7) is 4.82. The molecule has 0 atom stereocenters. The number of amides is 2. The lowest BCUT2D eigenvalue weighted by molar-refractivity contribution is -0.113. The van der Waals surface area contributed by atoms with E-state index in [4.69, 9.17) is 12.2 Å². The number of aromatic nitrogens is 1. The Bertz CT molecular complexity index is 1110. The van der Waals surface area contributed by atoms with E-state index in [9.17, 15) is 9.59 Å². The van der Waals surface area contributed by atoms with Crippen LogP contribution in [-0.2, 0) is 4.79 Å². The third kappa shape index (κ3) is 4.35. The molecular weight excluding hydrogens is 400 g/mol. The zero-order chi connectivity index (χ0) is 22.8. The molecular formula is C26H30N4O2. The van der Waals surface area contributed by atoms with Crippen molar-refractivity contribution in [2.45, 2.75) is 45.6 Å². The number of hydrogen-bond donors (Lipinski definition) is 3. The molecule has 2 amide bonds. The van der Waals surface area contributed by atoms with Gasteiger partial charge in [0.2, 0.25) is 0 Å². The Morgan fingerprint density at radius 1 is 1.28 bits per heavy atom. The summed E-state index contributed by atoms with van der Waals surface area (Å²) in [5.41, 5.74) is 11.9. The van der Waals surface area contributed by atoms with Gasteiger partial charge in [-0.25, -0.2) is 0 Å². The summed E-state index contributed by atoms with van der Waals surface area (Å²) in [6.07, 6.45) is 11.2. The van der Waals surface area contributed by atoms with E-state index in [0.29, 0.717) is 23.6 Å². The van der Waals surface area contributed by atoms with E-state index < -0.39 is 0 Å². The number of carbonyl (C=O) groups excluding carboxylic acids is 2. The van der Waals surface area contributed by atoms with Gasteiger partial charge in [0.1, 0.15) is 0 Å². The number of nitrogens with two attached hydrogens (primary N) is 1. The number of anilines is 1. The first-order chi connectivity index (χ1) is 15.4. The van der Waals surface area contributed by atoms with Gasteiger partial charge in [0, 0.05) is 35.1 Å². The monoisotopic (exact) mass is 430 g/mol. The molecule has 1 saturated carbocycles. The lowest BCUT2D eigenvalue weighted by Gasteiger charge is -2.30. The van der Waals surface area contributed by atoms with Crippen molar-refractivity contribution >= 4 is 29.2 Å². The highest BCUT2D eigenvalue weighted by atomic mass is 16.2. The van der Waals surface area contributed by atoms with Gasteiger partial charge in [-0.3, -0.25) is 9.59 Å². The SMILES string of the molecule is C#CCNC(=O)c1ccc2c(c1)N(CC1CCC(N)CC1)C(=O)/C2=C\c1[nH]c(C)cc1C. The Hall–Kier alpha value is -3.30. The normalized spacial score (nSPS) is 21.5. The highest BCUT2D eigenvalue weighted by molar-refractivity contribution is 6.36. The maximum Gasteiger partial charge on any atom is 0.259 e. The molecule has 32 heavy (non-hydrogen) atoms. The number of terminal acetylenes is 1. The molecule has 1 aromatic heterocycles. The van der Waals surface area contributed by atoms with E-state index in [2.05, 4.69) is 22.3 Å². The van der Waals surface area contributed by atoms with Crippen molar-refractivity contribution in [3.8, 4) is 12.3 Å². The van der Waals surface area contributed by atoms with Gasteiger partial charge in [0.25, 0.3) is 11.8 Å². The van der Waals surface area contributed by atoms with Crippen LogP contribution in [0.2, 0.25) is 0 Å².